The van der Waals surface area contributed by atoms with Crippen molar-refractivity contribution in [2.75, 3.05) is 0 Å². The van der Waals surface area contributed by atoms with Gasteiger partial charge in [-0.05, 0) is 31.4 Å². The van der Waals surface area contributed by atoms with Gasteiger partial charge in [0.25, 0.3) is 10.0 Å². The van der Waals surface area contributed by atoms with Crippen molar-refractivity contribution in [2.45, 2.75) is 19.8 Å². The van der Waals surface area contributed by atoms with Gasteiger partial charge in [0, 0.05) is 9.43 Å². The van der Waals surface area contributed by atoms with Gasteiger partial charge in [0.1, 0.15) is 0 Å². The first-order chi connectivity index (χ1) is 6.06. The molecule has 0 atom stereocenters. The molecule has 0 saturated heterocycles. The molecule has 0 N–H and O–H groups in total. The Morgan fingerprint density at radius 1 is 1.46 bits per heavy atom. The summed E-state index contributed by atoms with van der Waals surface area (Å²) in [7, 11) is -3.73. The Morgan fingerprint density at radius 2 is 2.15 bits per heavy atom. The number of hydrogen-bond acceptors (Lipinski definition) is 2. The Morgan fingerprint density at radius 3 is 2.62 bits per heavy atom. The number of hydrogen-bond donors (Lipinski definition) is 0. The van der Waals surface area contributed by atoms with Gasteiger partial charge >= 0.3 is 0 Å². The van der Waals surface area contributed by atoms with Crippen molar-refractivity contribution in [1.82, 2.24) is 0 Å². The van der Waals surface area contributed by atoms with Crippen molar-refractivity contribution in [1.29, 1.82) is 0 Å². The van der Waals surface area contributed by atoms with Gasteiger partial charge in [-0.3, -0.25) is 0 Å². The summed E-state index contributed by atoms with van der Waals surface area (Å²) < 4.78 is 25.1. The molecule has 0 aromatic heterocycles. The maximum Gasteiger partial charge on any atom is 0.260 e. The molecule has 0 bridgehead atoms. The Bertz CT molecular complexity index is 413. The first kappa shape index (κ1) is 9.83. The molecular formula is C7H9N3O2S. The number of allylic oxidation sites excluding steroid dienone is 4. The molecule has 0 amide bonds. The third kappa shape index (κ3) is 2.34. The zero-order chi connectivity index (χ0) is 9.90. The molecule has 6 heteroatoms. The molecule has 1 aliphatic carbocycles. The molecular weight excluding hydrogens is 190 g/mol. The third-order valence-corrected chi connectivity index (χ3v) is 3.09. The highest BCUT2D eigenvalue weighted by atomic mass is 32.2. The molecule has 13 heavy (non-hydrogen) atoms. The Kier molecular flexibility index (Phi) is 2.75. The topological polar surface area (TPSA) is 82.9 Å². The van der Waals surface area contributed by atoms with E-state index in [1.807, 2.05) is 6.92 Å². The average Bonchev–Trinajstić information content (AvgIpc) is 2.05. The Hall–Kier alpha value is -1.26. The first-order valence-corrected chi connectivity index (χ1v) is 5.18. The van der Waals surface area contributed by atoms with E-state index in [1.54, 1.807) is 6.08 Å². The number of azide groups is 1. The average molecular weight is 199 g/mol. The summed E-state index contributed by atoms with van der Waals surface area (Å²) in [5.74, 6) is 0. The lowest BCUT2D eigenvalue weighted by Gasteiger charge is -2.08. The lowest BCUT2D eigenvalue weighted by atomic mass is 10.1. The van der Waals surface area contributed by atoms with Crippen molar-refractivity contribution in [3.8, 4) is 0 Å². The van der Waals surface area contributed by atoms with Crippen LogP contribution in [0.25, 0.3) is 10.4 Å². The minimum Gasteiger partial charge on any atom is -0.216 e. The smallest absolute Gasteiger partial charge is 0.216 e. The molecule has 0 saturated carbocycles. The van der Waals surface area contributed by atoms with Gasteiger partial charge in [-0.2, -0.15) is 0 Å². The van der Waals surface area contributed by atoms with Crippen molar-refractivity contribution in [3.05, 3.63) is 33.1 Å². The molecule has 5 nitrogen and oxygen atoms in total. The molecule has 0 heterocycles. The van der Waals surface area contributed by atoms with Gasteiger partial charge in [0.15, 0.2) is 0 Å². The fraction of sp³-hybridized carbons (Fsp3) is 0.429. The van der Waals surface area contributed by atoms with E-state index < -0.39 is 10.0 Å². The second-order valence-electron chi connectivity index (χ2n) is 2.79. The maximum atomic E-state index is 11.2. The third-order valence-electron chi connectivity index (χ3n) is 1.79. The Labute approximate surface area is 76.4 Å². The van der Waals surface area contributed by atoms with E-state index >= 15 is 0 Å². The van der Waals surface area contributed by atoms with E-state index in [2.05, 4.69) is 9.43 Å². The van der Waals surface area contributed by atoms with E-state index in [4.69, 9.17) is 5.53 Å². The molecule has 1 aliphatic rings. The molecule has 0 unspecified atom stereocenters. The largest absolute Gasteiger partial charge is 0.260 e. The van der Waals surface area contributed by atoms with Crippen molar-refractivity contribution >= 4 is 10.0 Å². The Balaban J connectivity index is 3.05. The van der Waals surface area contributed by atoms with Crippen LogP contribution in [0.5, 0.6) is 0 Å². The van der Waals surface area contributed by atoms with Gasteiger partial charge in [-0.25, -0.2) is 8.42 Å². The predicted molar refractivity (Wildman–Crippen MR) is 49.1 cm³/mol. The molecule has 70 valence electrons. The number of rotatable bonds is 2. The van der Waals surface area contributed by atoms with Crippen LogP contribution in [0, 0.1) is 0 Å². The summed E-state index contributed by atoms with van der Waals surface area (Å²) in [4.78, 5) is 2.47. The molecule has 0 aliphatic heterocycles. The lowest BCUT2D eigenvalue weighted by molar-refractivity contribution is 0.601. The first-order valence-electron chi connectivity index (χ1n) is 3.74. The second kappa shape index (κ2) is 3.64. The molecule has 0 fully saturated rings. The van der Waals surface area contributed by atoms with E-state index in [0.29, 0.717) is 12.8 Å². The molecule has 0 aromatic rings. The SMILES string of the molecule is CC1=CC=C(S(=O)(=O)N=[N+]=[N-])CC1. The predicted octanol–water partition coefficient (Wildman–Crippen LogP) is 2.25. The van der Waals surface area contributed by atoms with E-state index in [-0.39, 0.29) is 4.91 Å². The van der Waals surface area contributed by atoms with Gasteiger partial charge in [0.2, 0.25) is 0 Å². The molecule has 1 rings (SSSR count). The summed E-state index contributed by atoms with van der Waals surface area (Å²) in [6, 6.07) is 0. The van der Waals surface area contributed by atoms with E-state index in [1.165, 1.54) is 6.08 Å². The second-order valence-corrected chi connectivity index (χ2v) is 4.43. The van der Waals surface area contributed by atoms with Crippen LogP contribution in [-0.4, -0.2) is 8.42 Å². The molecule has 0 radical (unpaired) electrons. The lowest BCUT2D eigenvalue weighted by Crippen LogP contribution is -2.02. The summed E-state index contributed by atoms with van der Waals surface area (Å²) in [5.41, 5.74) is 9.15. The monoisotopic (exact) mass is 199 g/mol. The van der Waals surface area contributed by atoms with Crippen LogP contribution in [0.3, 0.4) is 0 Å². The van der Waals surface area contributed by atoms with Crippen LogP contribution in [-0.2, 0) is 10.0 Å². The normalized spacial score (nSPS) is 17.0. The summed E-state index contributed by atoms with van der Waals surface area (Å²) in [6.45, 7) is 1.92. The zero-order valence-corrected chi connectivity index (χ0v) is 7.95. The fourth-order valence-corrected chi connectivity index (χ4v) is 1.84. The highest BCUT2D eigenvalue weighted by molar-refractivity contribution is 7.93. The van der Waals surface area contributed by atoms with E-state index in [9.17, 15) is 8.42 Å². The van der Waals surface area contributed by atoms with Gasteiger partial charge in [0.05, 0.1) is 4.91 Å². The minimum absolute atomic E-state index is 0.191. The van der Waals surface area contributed by atoms with Crippen LogP contribution in [0.4, 0.5) is 0 Å². The maximum absolute atomic E-state index is 11.2. The standard InChI is InChI=1S/C7H9N3O2S/c1-6-2-4-7(5-3-6)13(11,12)10-9-8/h2,4H,3,5H2,1H3. The summed E-state index contributed by atoms with van der Waals surface area (Å²) >= 11 is 0. The van der Waals surface area contributed by atoms with Crippen LogP contribution in [0.2, 0.25) is 0 Å². The highest BCUT2D eigenvalue weighted by Gasteiger charge is 2.16. The van der Waals surface area contributed by atoms with Gasteiger partial charge < -0.3 is 0 Å². The van der Waals surface area contributed by atoms with Gasteiger partial charge in [-0.15, -0.1) is 0 Å². The van der Waals surface area contributed by atoms with Crippen LogP contribution < -0.4 is 0 Å². The summed E-state index contributed by atoms with van der Waals surface area (Å²) in [6.07, 6.45) is 4.34. The quantitative estimate of drug-likeness (QED) is 0.388. The zero-order valence-electron chi connectivity index (χ0n) is 7.14. The van der Waals surface area contributed by atoms with Crippen molar-refractivity contribution in [3.63, 3.8) is 0 Å². The van der Waals surface area contributed by atoms with Crippen LogP contribution in [0.15, 0.2) is 27.1 Å². The molecule has 0 aromatic carbocycles. The highest BCUT2D eigenvalue weighted by Crippen LogP contribution is 2.23. The number of nitrogens with zero attached hydrogens (tertiary/aromatic N) is 3. The van der Waals surface area contributed by atoms with E-state index in [0.717, 1.165) is 5.57 Å². The summed E-state index contributed by atoms with van der Waals surface area (Å²) in [5, 5.41) is 0. The van der Waals surface area contributed by atoms with Crippen LogP contribution >= 0.6 is 0 Å². The number of sulfonamides is 1. The molecule has 0 spiro atoms. The fourth-order valence-electron chi connectivity index (χ4n) is 1.04. The van der Waals surface area contributed by atoms with Crippen molar-refractivity contribution in [2.24, 2.45) is 4.52 Å². The van der Waals surface area contributed by atoms with Crippen LogP contribution in [0.1, 0.15) is 19.8 Å². The van der Waals surface area contributed by atoms with Crippen molar-refractivity contribution < 1.29 is 8.42 Å². The minimum atomic E-state index is -3.73. The van der Waals surface area contributed by atoms with Gasteiger partial charge in [-0.1, -0.05) is 11.6 Å².